The second-order valence-electron chi connectivity index (χ2n) is 5.53. The quantitative estimate of drug-likeness (QED) is 0.729. The van der Waals surface area contributed by atoms with E-state index in [2.05, 4.69) is 0 Å². The van der Waals surface area contributed by atoms with Crippen LogP contribution in [0, 0.1) is 0 Å². The van der Waals surface area contributed by atoms with E-state index < -0.39 is 23.4 Å². The molecule has 0 fully saturated rings. The number of benzene rings is 2. The van der Waals surface area contributed by atoms with Crippen LogP contribution in [0.25, 0.3) is 11.3 Å². The van der Waals surface area contributed by atoms with Gasteiger partial charge in [0.05, 0.1) is 5.56 Å². The maximum Gasteiger partial charge on any atom is 0.418 e. The highest BCUT2D eigenvalue weighted by molar-refractivity contribution is 5.90. The normalized spacial score (nSPS) is 11.5. The Morgan fingerprint density at radius 2 is 1.52 bits per heavy atom. The lowest BCUT2D eigenvalue weighted by molar-refractivity contribution is -0.138. The van der Waals surface area contributed by atoms with Gasteiger partial charge in [-0.2, -0.15) is 13.2 Å². The number of hydrogen-bond donors (Lipinski definition) is 1. The number of alkyl halides is 3. The molecule has 0 amide bonds. The SMILES string of the molecule is O=C(O)c1c(C(F)(F)F)cc(-c2ccccc2)n1Cc1ccccc1. The van der Waals surface area contributed by atoms with Crippen LogP contribution >= 0.6 is 0 Å². The van der Waals surface area contributed by atoms with E-state index >= 15 is 0 Å². The minimum atomic E-state index is -4.75. The first-order valence-electron chi connectivity index (χ1n) is 7.51. The maximum atomic E-state index is 13.4. The fourth-order valence-corrected chi connectivity index (χ4v) is 2.77. The van der Waals surface area contributed by atoms with Crippen LogP contribution in [0.5, 0.6) is 0 Å². The van der Waals surface area contributed by atoms with Crippen molar-refractivity contribution >= 4 is 5.97 Å². The largest absolute Gasteiger partial charge is 0.477 e. The summed E-state index contributed by atoms with van der Waals surface area (Å²) in [7, 11) is 0. The molecule has 0 spiro atoms. The molecule has 2 aromatic carbocycles. The zero-order chi connectivity index (χ0) is 18.0. The van der Waals surface area contributed by atoms with Crippen molar-refractivity contribution in [3.05, 3.63) is 83.6 Å². The molecule has 1 heterocycles. The summed E-state index contributed by atoms with van der Waals surface area (Å²) in [5, 5.41) is 9.43. The minimum Gasteiger partial charge on any atom is -0.477 e. The fraction of sp³-hybridized carbons (Fsp3) is 0.105. The van der Waals surface area contributed by atoms with E-state index in [9.17, 15) is 23.1 Å². The van der Waals surface area contributed by atoms with Crippen molar-refractivity contribution in [2.75, 3.05) is 0 Å². The van der Waals surface area contributed by atoms with Crippen LogP contribution in [-0.4, -0.2) is 15.6 Å². The van der Waals surface area contributed by atoms with Crippen molar-refractivity contribution in [3.63, 3.8) is 0 Å². The lowest BCUT2D eigenvalue weighted by Gasteiger charge is -2.13. The number of nitrogens with zero attached hydrogens (tertiary/aromatic N) is 1. The van der Waals surface area contributed by atoms with E-state index in [1.807, 2.05) is 0 Å². The van der Waals surface area contributed by atoms with Crippen LogP contribution in [0.4, 0.5) is 13.2 Å². The van der Waals surface area contributed by atoms with Crippen molar-refractivity contribution in [3.8, 4) is 11.3 Å². The molecule has 0 radical (unpaired) electrons. The number of hydrogen-bond acceptors (Lipinski definition) is 1. The molecule has 0 saturated heterocycles. The van der Waals surface area contributed by atoms with Crippen LogP contribution < -0.4 is 0 Å². The summed E-state index contributed by atoms with van der Waals surface area (Å²) in [5.74, 6) is -1.61. The standard InChI is InChI=1S/C19H14F3NO2/c20-19(21,22)15-11-16(14-9-5-2-6-10-14)23(17(15)18(24)25)12-13-7-3-1-4-8-13/h1-11H,12H2,(H,24,25). The predicted octanol–water partition coefficient (Wildman–Crippen LogP) is 4.92. The van der Waals surface area contributed by atoms with Crippen molar-refractivity contribution in [1.29, 1.82) is 0 Å². The molecular weight excluding hydrogens is 331 g/mol. The summed E-state index contributed by atoms with van der Waals surface area (Å²) >= 11 is 0. The highest BCUT2D eigenvalue weighted by Gasteiger charge is 2.39. The zero-order valence-corrected chi connectivity index (χ0v) is 13.0. The first-order valence-corrected chi connectivity index (χ1v) is 7.51. The molecule has 3 nitrogen and oxygen atoms in total. The molecule has 0 aliphatic heterocycles. The first kappa shape index (κ1) is 16.8. The summed E-state index contributed by atoms with van der Waals surface area (Å²) in [5.41, 5.74) is -0.442. The number of halogens is 3. The Balaban J connectivity index is 2.25. The number of aromatic nitrogens is 1. The van der Waals surface area contributed by atoms with Crippen LogP contribution in [0.2, 0.25) is 0 Å². The molecule has 1 N–H and O–H groups in total. The second-order valence-corrected chi connectivity index (χ2v) is 5.53. The molecule has 0 bridgehead atoms. The van der Waals surface area contributed by atoms with Crippen LogP contribution in [0.1, 0.15) is 21.6 Å². The Labute approximate surface area is 142 Å². The molecule has 0 aliphatic rings. The van der Waals surface area contributed by atoms with Gasteiger partial charge in [-0.1, -0.05) is 60.7 Å². The molecular formula is C19H14F3NO2. The number of carbonyl (C=O) groups is 1. The van der Waals surface area contributed by atoms with Gasteiger partial charge in [-0.15, -0.1) is 0 Å². The summed E-state index contributed by atoms with van der Waals surface area (Å²) < 4.78 is 41.3. The monoisotopic (exact) mass is 345 g/mol. The number of carboxylic acids is 1. The van der Waals surface area contributed by atoms with Crippen LogP contribution in [-0.2, 0) is 12.7 Å². The first-order chi connectivity index (χ1) is 11.9. The van der Waals surface area contributed by atoms with E-state index in [-0.39, 0.29) is 12.2 Å². The topological polar surface area (TPSA) is 42.2 Å². The molecule has 1 aromatic heterocycles. The maximum absolute atomic E-state index is 13.4. The summed E-state index contributed by atoms with van der Waals surface area (Å²) in [6.45, 7) is 0.0305. The van der Waals surface area contributed by atoms with Gasteiger partial charge in [0, 0.05) is 12.2 Å². The van der Waals surface area contributed by atoms with Gasteiger partial charge >= 0.3 is 12.1 Å². The Morgan fingerprint density at radius 1 is 0.960 bits per heavy atom. The molecule has 0 atom stereocenters. The zero-order valence-electron chi connectivity index (χ0n) is 13.0. The van der Waals surface area contributed by atoms with Gasteiger partial charge in [-0.3, -0.25) is 0 Å². The van der Waals surface area contributed by atoms with Crippen molar-refractivity contribution in [2.45, 2.75) is 12.7 Å². The van der Waals surface area contributed by atoms with Gasteiger partial charge in [-0.25, -0.2) is 4.79 Å². The molecule has 3 rings (SSSR count). The summed E-state index contributed by atoms with van der Waals surface area (Å²) in [6.07, 6.45) is -4.75. The van der Waals surface area contributed by atoms with E-state index in [1.54, 1.807) is 60.7 Å². The third-order valence-corrected chi connectivity index (χ3v) is 3.86. The van der Waals surface area contributed by atoms with Gasteiger partial charge in [0.25, 0.3) is 0 Å². The van der Waals surface area contributed by atoms with E-state index in [1.165, 1.54) is 4.57 Å². The van der Waals surface area contributed by atoms with Gasteiger partial charge in [0.1, 0.15) is 5.69 Å². The van der Waals surface area contributed by atoms with Crippen LogP contribution in [0.15, 0.2) is 66.7 Å². The minimum absolute atomic E-state index is 0.0305. The van der Waals surface area contributed by atoms with Crippen LogP contribution in [0.3, 0.4) is 0 Å². The molecule has 0 unspecified atom stereocenters. The Kier molecular flexibility index (Phi) is 4.35. The Hall–Kier alpha value is -3.02. The predicted molar refractivity (Wildman–Crippen MR) is 87.4 cm³/mol. The van der Waals surface area contributed by atoms with E-state index in [0.29, 0.717) is 11.1 Å². The van der Waals surface area contributed by atoms with Crippen molar-refractivity contribution < 1.29 is 23.1 Å². The molecule has 25 heavy (non-hydrogen) atoms. The molecule has 128 valence electrons. The Morgan fingerprint density at radius 3 is 2.04 bits per heavy atom. The van der Waals surface area contributed by atoms with Gasteiger partial charge < -0.3 is 9.67 Å². The summed E-state index contributed by atoms with van der Waals surface area (Å²) in [4.78, 5) is 11.6. The number of aromatic carboxylic acids is 1. The average molecular weight is 345 g/mol. The van der Waals surface area contributed by atoms with E-state index in [0.717, 1.165) is 6.07 Å². The summed E-state index contributed by atoms with van der Waals surface area (Å²) in [6, 6.07) is 18.1. The van der Waals surface area contributed by atoms with Gasteiger partial charge in [0.15, 0.2) is 0 Å². The highest BCUT2D eigenvalue weighted by atomic mass is 19.4. The third kappa shape index (κ3) is 3.42. The molecule has 0 aliphatic carbocycles. The van der Waals surface area contributed by atoms with Crippen molar-refractivity contribution in [1.82, 2.24) is 4.57 Å². The fourth-order valence-electron chi connectivity index (χ4n) is 2.77. The van der Waals surface area contributed by atoms with Gasteiger partial charge in [-0.05, 0) is 17.2 Å². The van der Waals surface area contributed by atoms with E-state index in [4.69, 9.17) is 0 Å². The van der Waals surface area contributed by atoms with Gasteiger partial charge in [0.2, 0.25) is 0 Å². The number of carboxylic acid groups (broad SMARTS) is 1. The number of rotatable bonds is 4. The lowest BCUT2D eigenvalue weighted by Crippen LogP contribution is -2.16. The molecule has 0 saturated carbocycles. The second kappa shape index (κ2) is 6.47. The molecule has 3 aromatic rings. The Bertz CT molecular complexity index is 884. The lowest BCUT2D eigenvalue weighted by atomic mass is 10.1. The third-order valence-electron chi connectivity index (χ3n) is 3.86. The van der Waals surface area contributed by atoms with Crippen molar-refractivity contribution in [2.24, 2.45) is 0 Å². The average Bonchev–Trinajstić information content (AvgIpc) is 2.96. The molecule has 6 heteroatoms. The highest BCUT2D eigenvalue weighted by Crippen LogP contribution is 2.37. The smallest absolute Gasteiger partial charge is 0.418 e.